The van der Waals surface area contributed by atoms with E-state index in [0.29, 0.717) is 11.5 Å². The van der Waals surface area contributed by atoms with E-state index in [2.05, 4.69) is 0 Å². The minimum Gasteiger partial charge on any atom is -0.502 e. The first-order chi connectivity index (χ1) is 9.24. The quantitative estimate of drug-likeness (QED) is 0.850. The summed E-state index contributed by atoms with van der Waals surface area (Å²) in [5.41, 5.74) is 2.00. The van der Waals surface area contributed by atoms with Crippen molar-refractivity contribution in [3.8, 4) is 17.2 Å². The van der Waals surface area contributed by atoms with Crippen LogP contribution in [0.25, 0.3) is 12.2 Å². The number of phenolic OH excluding ortho intramolecular Hbond substituents is 1. The van der Waals surface area contributed by atoms with Crippen LogP contribution in [0, 0.1) is 0 Å². The standard InChI is InChI=1S/C16H16O3/c1-18-14-10-13(11-15(19-2)16(14)17)9-8-12-6-4-3-5-7-12/h3-11,17H,1-2H3/b9-8+. The Balaban J connectivity index is 2.33. The normalized spacial score (nSPS) is 10.6. The highest BCUT2D eigenvalue weighted by molar-refractivity contribution is 5.72. The summed E-state index contributed by atoms with van der Waals surface area (Å²) in [7, 11) is 3.03. The summed E-state index contributed by atoms with van der Waals surface area (Å²) in [6, 6.07) is 13.5. The molecule has 3 heteroatoms. The van der Waals surface area contributed by atoms with Crippen LogP contribution in [0.3, 0.4) is 0 Å². The summed E-state index contributed by atoms with van der Waals surface area (Å²) in [6.45, 7) is 0. The van der Waals surface area contributed by atoms with Crippen LogP contribution in [-0.4, -0.2) is 19.3 Å². The molecule has 98 valence electrons. The lowest BCUT2D eigenvalue weighted by Crippen LogP contribution is -1.90. The molecule has 19 heavy (non-hydrogen) atoms. The molecular weight excluding hydrogens is 240 g/mol. The van der Waals surface area contributed by atoms with E-state index in [1.54, 1.807) is 12.1 Å². The smallest absolute Gasteiger partial charge is 0.200 e. The van der Waals surface area contributed by atoms with Crippen molar-refractivity contribution in [1.82, 2.24) is 0 Å². The molecule has 0 unspecified atom stereocenters. The van der Waals surface area contributed by atoms with Gasteiger partial charge in [-0.3, -0.25) is 0 Å². The SMILES string of the molecule is COc1cc(/C=C/c2ccccc2)cc(OC)c1O. The highest BCUT2D eigenvalue weighted by atomic mass is 16.5. The Bertz CT molecular complexity index is 549. The van der Waals surface area contributed by atoms with Gasteiger partial charge in [0, 0.05) is 0 Å². The molecule has 2 aromatic carbocycles. The van der Waals surface area contributed by atoms with E-state index in [4.69, 9.17) is 9.47 Å². The zero-order chi connectivity index (χ0) is 13.7. The number of aromatic hydroxyl groups is 1. The molecule has 0 aliphatic rings. The van der Waals surface area contributed by atoms with Gasteiger partial charge in [-0.2, -0.15) is 0 Å². The molecule has 0 heterocycles. The van der Waals surface area contributed by atoms with E-state index in [9.17, 15) is 5.11 Å². The highest BCUT2D eigenvalue weighted by Crippen LogP contribution is 2.37. The first-order valence-corrected chi connectivity index (χ1v) is 5.92. The molecule has 0 aliphatic carbocycles. The summed E-state index contributed by atoms with van der Waals surface area (Å²) in [4.78, 5) is 0. The molecule has 0 saturated heterocycles. The van der Waals surface area contributed by atoms with Gasteiger partial charge in [-0.1, -0.05) is 42.5 Å². The monoisotopic (exact) mass is 256 g/mol. The van der Waals surface area contributed by atoms with Crippen molar-refractivity contribution in [1.29, 1.82) is 0 Å². The minimum atomic E-state index is 0.0156. The summed E-state index contributed by atoms with van der Waals surface area (Å²) in [5, 5.41) is 9.82. The maximum absolute atomic E-state index is 9.82. The van der Waals surface area contributed by atoms with Gasteiger partial charge in [0.15, 0.2) is 11.5 Å². The molecule has 0 aromatic heterocycles. The number of benzene rings is 2. The third kappa shape index (κ3) is 3.07. The van der Waals surface area contributed by atoms with Crippen molar-refractivity contribution in [2.45, 2.75) is 0 Å². The van der Waals surface area contributed by atoms with Gasteiger partial charge in [0.05, 0.1) is 14.2 Å². The molecule has 2 rings (SSSR count). The van der Waals surface area contributed by atoms with E-state index in [-0.39, 0.29) is 5.75 Å². The summed E-state index contributed by atoms with van der Waals surface area (Å²) in [6.07, 6.45) is 3.94. The Morgan fingerprint density at radius 1 is 0.842 bits per heavy atom. The van der Waals surface area contributed by atoms with Crippen molar-refractivity contribution >= 4 is 12.2 Å². The number of hydrogen-bond acceptors (Lipinski definition) is 3. The van der Waals surface area contributed by atoms with Crippen molar-refractivity contribution < 1.29 is 14.6 Å². The van der Waals surface area contributed by atoms with Crippen LogP contribution in [-0.2, 0) is 0 Å². The molecule has 0 atom stereocenters. The lowest BCUT2D eigenvalue weighted by Gasteiger charge is -2.09. The second kappa shape index (κ2) is 5.96. The summed E-state index contributed by atoms with van der Waals surface area (Å²) in [5.74, 6) is 0.806. The van der Waals surface area contributed by atoms with E-state index in [1.165, 1.54) is 14.2 Å². The molecular formula is C16H16O3. The van der Waals surface area contributed by atoms with Crippen molar-refractivity contribution in [2.75, 3.05) is 14.2 Å². The van der Waals surface area contributed by atoms with Crippen LogP contribution in [0.2, 0.25) is 0 Å². The second-order valence-electron chi connectivity index (χ2n) is 4.02. The maximum atomic E-state index is 9.82. The Hall–Kier alpha value is -2.42. The Morgan fingerprint density at radius 2 is 1.37 bits per heavy atom. The molecule has 1 N–H and O–H groups in total. The van der Waals surface area contributed by atoms with Crippen LogP contribution >= 0.6 is 0 Å². The lowest BCUT2D eigenvalue weighted by molar-refractivity contribution is 0.340. The van der Waals surface area contributed by atoms with Gasteiger partial charge < -0.3 is 14.6 Å². The average Bonchev–Trinajstić information content (AvgIpc) is 2.47. The molecule has 0 aliphatic heterocycles. The molecule has 0 amide bonds. The van der Waals surface area contributed by atoms with Gasteiger partial charge in [-0.25, -0.2) is 0 Å². The van der Waals surface area contributed by atoms with Gasteiger partial charge >= 0.3 is 0 Å². The van der Waals surface area contributed by atoms with Crippen molar-refractivity contribution in [3.63, 3.8) is 0 Å². The molecule has 0 spiro atoms. The van der Waals surface area contributed by atoms with E-state index in [0.717, 1.165) is 11.1 Å². The fourth-order valence-corrected chi connectivity index (χ4v) is 1.77. The van der Waals surface area contributed by atoms with Gasteiger partial charge in [0.1, 0.15) is 0 Å². The Kier molecular flexibility index (Phi) is 4.08. The number of hydrogen-bond donors (Lipinski definition) is 1. The van der Waals surface area contributed by atoms with Gasteiger partial charge in [0.25, 0.3) is 0 Å². The third-order valence-corrected chi connectivity index (χ3v) is 2.77. The van der Waals surface area contributed by atoms with E-state index >= 15 is 0 Å². The predicted molar refractivity (Wildman–Crippen MR) is 76.6 cm³/mol. The molecule has 0 fully saturated rings. The minimum absolute atomic E-state index is 0.0156. The van der Waals surface area contributed by atoms with Crippen LogP contribution in [0.15, 0.2) is 42.5 Å². The summed E-state index contributed by atoms with van der Waals surface area (Å²) < 4.78 is 10.2. The zero-order valence-corrected chi connectivity index (χ0v) is 11.0. The summed E-state index contributed by atoms with van der Waals surface area (Å²) >= 11 is 0. The molecule has 0 radical (unpaired) electrons. The van der Waals surface area contributed by atoms with Crippen molar-refractivity contribution in [2.24, 2.45) is 0 Å². The number of rotatable bonds is 4. The fourth-order valence-electron chi connectivity index (χ4n) is 1.77. The van der Waals surface area contributed by atoms with Gasteiger partial charge in [-0.05, 0) is 23.3 Å². The number of ether oxygens (including phenoxy) is 2. The lowest BCUT2D eigenvalue weighted by atomic mass is 10.1. The Morgan fingerprint density at radius 3 is 1.89 bits per heavy atom. The fraction of sp³-hybridized carbons (Fsp3) is 0.125. The average molecular weight is 256 g/mol. The topological polar surface area (TPSA) is 38.7 Å². The third-order valence-electron chi connectivity index (χ3n) is 2.77. The Labute approximate surface area is 112 Å². The van der Waals surface area contributed by atoms with Crippen LogP contribution in [0.4, 0.5) is 0 Å². The van der Waals surface area contributed by atoms with Crippen LogP contribution in [0.5, 0.6) is 17.2 Å². The maximum Gasteiger partial charge on any atom is 0.200 e. The van der Waals surface area contributed by atoms with Crippen molar-refractivity contribution in [3.05, 3.63) is 53.6 Å². The van der Waals surface area contributed by atoms with E-state index in [1.807, 2.05) is 42.5 Å². The van der Waals surface area contributed by atoms with Crippen LogP contribution in [0.1, 0.15) is 11.1 Å². The number of methoxy groups -OCH3 is 2. The largest absolute Gasteiger partial charge is 0.502 e. The molecule has 2 aromatic rings. The number of phenols is 1. The van der Waals surface area contributed by atoms with Gasteiger partial charge in [-0.15, -0.1) is 0 Å². The highest BCUT2D eigenvalue weighted by Gasteiger charge is 2.09. The zero-order valence-electron chi connectivity index (χ0n) is 11.0. The molecule has 0 saturated carbocycles. The van der Waals surface area contributed by atoms with Gasteiger partial charge in [0.2, 0.25) is 5.75 Å². The van der Waals surface area contributed by atoms with E-state index < -0.39 is 0 Å². The second-order valence-corrected chi connectivity index (χ2v) is 4.02. The molecule has 3 nitrogen and oxygen atoms in total. The predicted octanol–water partition coefficient (Wildman–Crippen LogP) is 3.58. The first kappa shape index (κ1) is 13.0. The molecule has 0 bridgehead atoms. The first-order valence-electron chi connectivity index (χ1n) is 5.92. The van der Waals surface area contributed by atoms with Crippen LogP contribution < -0.4 is 9.47 Å².